The predicted molar refractivity (Wildman–Crippen MR) is 85.0 cm³/mol. The number of rotatable bonds is 4. The van der Waals surface area contributed by atoms with Gasteiger partial charge in [0, 0.05) is 0 Å². The van der Waals surface area contributed by atoms with Gasteiger partial charge < -0.3 is 4.74 Å². The van der Waals surface area contributed by atoms with E-state index < -0.39 is 0 Å². The molecule has 0 bridgehead atoms. The number of amides is 2. The number of esters is 1. The highest BCUT2D eigenvalue weighted by Crippen LogP contribution is 2.40. The molecule has 1 aliphatic heterocycles. The smallest absolute Gasteiger partial charge is 0.338 e. The Morgan fingerprint density at radius 1 is 1.09 bits per heavy atom. The van der Waals surface area contributed by atoms with Crippen LogP contribution in [-0.4, -0.2) is 24.4 Å². The van der Waals surface area contributed by atoms with Crippen LogP contribution >= 0.6 is 0 Å². The Labute approximate surface area is 135 Å². The number of imide groups is 1. The minimum Gasteiger partial charge on any atom is -0.462 e. The molecule has 0 aromatic heterocycles. The first-order valence-corrected chi connectivity index (χ1v) is 8.28. The Balaban J connectivity index is 1.78. The van der Waals surface area contributed by atoms with Gasteiger partial charge in [-0.15, -0.1) is 0 Å². The van der Waals surface area contributed by atoms with Crippen molar-refractivity contribution in [2.45, 2.75) is 39.0 Å². The lowest BCUT2D eigenvalue weighted by Crippen LogP contribution is -2.30. The maximum absolute atomic E-state index is 12.5. The van der Waals surface area contributed by atoms with Crippen molar-refractivity contribution in [3.8, 4) is 0 Å². The fourth-order valence-electron chi connectivity index (χ4n) is 3.44. The Bertz CT molecular complexity index is 598. The molecular weight excluding hydrogens is 294 g/mol. The number of carbonyl (C=O) groups is 3. The lowest BCUT2D eigenvalue weighted by atomic mass is 9.81. The first kappa shape index (κ1) is 15.7. The second kappa shape index (κ2) is 6.52. The summed E-state index contributed by atoms with van der Waals surface area (Å²) in [5.74, 6) is -0.899. The van der Waals surface area contributed by atoms with E-state index in [-0.39, 0.29) is 29.6 Å². The van der Waals surface area contributed by atoms with Crippen molar-refractivity contribution in [2.24, 2.45) is 11.8 Å². The zero-order chi connectivity index (χ0) is 16.4. The van der Waals surface area contributed by atoms with Crippen LogP contribution in [0, 0.1) is 11.8 Å². The molecule has 23 heavy (non-hydrogen) atoms. The number of nitrogens with zero attached hydrogens (tertiary/aromatic N) is 1. The molecule has 1 saturated heterocycles. The summed E-state index contributed by atoms with van der Waals surface area (Å²) in [6.07, 6.45) is 4.39. The maximum atomic E-state index is 12.5. The molecule has 5 nitrogen and oxygen atoms in total. The highest BCUT2D eigenvalue weighted by Gasteiger charge is 2.48. The Morgan fingerprint density at radius 3 is 2.17 bits per heavy atom. The zero-order valence-electron chi connectivity index (χ0n) is 13.3. The Morgan fingerprint density at radius 2 is 1.65 bits per heavy atom. The van der Waals surface area contributed by atoms with Gasteiger partial charge in [-0.25, -0.2) is 4.79 Å². The van der Waals surface area contributed by atoms with Gasteiger partial charge in [0.2, 0.25) is 11.8 Å². The second-order valence-electron chi connectivity index (χ2n) is 6.19. The van der Waals surface area contributed by atoms with Crippen LogP contribution in [0.5, 0.6) is 0 Å². The Hall–Kier alpha value is -2.17. The molecular formula is C18H21NO4. The Kier molecular flexibility index (Phi) is 4.46. The fraction of sp³-hybridized carbons (Fsp3) is 0.500. The fourth-order valence-corrected chi connectivity index (χ4v) is 3.44. The second-order valence-corrected chi connectivity index (χ2v) is 6.19. The van der Waals surface area contributed by atoms with Gasteiger partial charge in [0.15, 0.2) is 0 Å². The number of hydrogen-bond donors (Lipinski definition) is 0. The normalized spacial score (nSPS) is 23.8. The van der Waals surface area contributed by atoms with Gasteiger partial charge in [-0.1, -0.05) is 19.8 Å². The van der Waals surface area contributed by atoms with E-state index in [4.69, 9.17) is 4.74 Å². The third-order valence-corrected chi connectivity index (χ3v) is 4.64. The third kappa shape index (κ3) is 2.87. The maximum Gasteiger partial charge on any atom is 0.338 e. The highest BCUT2D eigenvalue weighted by atomic mass is 16.5. The summed E-state index contributed by atoms with van der Waals surface area (Å²) >= 11 is 0. The standard InChI is InChI=1S/C18H21NO4/c1-2-11-23-18(22)12-7-9-13(10-8-12)19-16(20)14-5-3-4-6-15(14)17(19)21/h7-10,14-15H,2-6,11H2,1H3. The molecule has 2 amide bonds. The summed E-state index contributed by atoms with van der Waals surface area (Å²) in [4.78, 5) is 38.1. The monoisotopic (exact) mass is 315 g/mol. The van der Waals surface area contributed by atoms with E-state index in [2.05, 4.69) is 0 Å². The minimum absolute atomic E-state index is 0.0963. The number of benzene rings is 1. The lowest BCUT2D eigenvalue weighted by Gasteiger charge is -2.19. The molecule has 3 rings (SSSR count). The lowest BCUT2D eigenvalue weighted by molar-refractivity contribution is -0.122. The van der Waals surface area contributed by atoms with Crippen molar-refractivity contribution in [1.29, 1.82) is 0 Å². The number of hydrogen-bond acceptors (Lipinski definition) is 4. The summed E-state index contributed by atoms with van der Waals surface area (Å²) < 4.78 is 5.08. The molecule has 1 aromatic rings. The average Bonchev–Trinajstić information content (AvgIpc) is 2.84. The van der Waals surface area contributed by atoms with Crippen LogP contribution in [0.1, 0.15) is 49.4 Å². The van der Waals surface area contributed by atoms with E-state index >= 15 is 0 Å². The number of ether oxygens (including phenoxy) is 1. The zero-order valence-corrected chi connectivity index (χ0v) is 13.3. The average molecular weight is 315 g/mol. The molecule has 0 N–H and O–H groups in total. The summed E-state index contributed by atoms with van der Waals surface area (Å²) in [6.45, 7) is 2.31. The van der Waals surface area contributed by atoms with Gasteiger partial charge in [0.25, 0.3) is 0 Å². The van der Waals surface area contributed by atoms with Crippen molar-refractivity contribution < 1.29 is 19.1 Å². The summed E-state index contributed by atoms with van der Waals surface area (Å²) in [5, 5.41) is 0. The quantitative estimate of drug-likeness (QED) is 0.633. The molecule has 5 heteroatoms. The molecule has 2 unspecified atom stereocenters. The van der Waals surface area contributed by atoms with Crippen molar-refractivity contribution in [3.63, 3.8) is 0 Å². The third-order valence-electron chi connectivity index (χ3n) is 4.64. The topological polar surface area (TPSA) is 63.7 Å². The summed E-state index contributed by atoms with van der Waals surface area (Å²) in [7, 11) is 0. The molecule has 1 aromatic carbocycles. The van der Waals surface area contributed by atoms with E-state index in [1.165, 1.54) is 4.90 Å². The minimum atomic E-state index is -0.383. The van der Waals surface area contributed by atoms with Crippen LogP contribution in [0.4, 0.5) is 5.69 Å². The first-order chi connectivity index (χ1) is 11.1. The van der Waals surface area contributed by atoms with E-state index in [0.717, 1.165) is 32.1 Å². The van der Waals surface area contributed by atoms with Gasteiger partial charge >= 0.3 is 5.97 Å². The van der Waals surface area contributed by atoms with Gasteiger partial charge in [0.1, 0.15) is 0 Å². The van der Waals surface area contributed by atoms with Gasteiger partial charge in [-0.2, -0.15) is 0 Å². The van der Waals surface area contributed by atoms with E-state index in [9.17, 15) is 14.4 Å². The van der Waals surface area contributed by atoms with E-state index in [0.29, 0.717) is 17.9 Å². The van der Waals surface area contributed by atoms with Gasteiger partial charge in [-0.05, 0) is 43.5 Å². The summed E-state index contributed by atoms with van der Waals surface area (Å²) in [6, 6.07) is 6.51. The van der Waals surface area contributed by atoms with Crippen molar-refractivity contribution in [3.05, 3.63) is 29.8 Å². The molecule has 2 atom stereocenters. The van der Waals surface area contributed by atoms with Crippen LogP contribution in [0.3, 0.4) is 0 Å². The van der Waals surface area contributed by atoms with Crippen molar-refractivity contribution >= 4 is 23.5 Å². The number of carbonyl (C=O) groups excluding carboxylic acids is 3. The van der Waals surface area contributed by atoms with Gasteiger partial charge in [0.05, 0.1) is 29.7 Å². The number of anilines is 1. The molecule has 1 saturated carbocycles. The molecule has 1 aliphatic carbocycles. The highest BCUT2D eigenvalue weighted by molar-refractivity contribution is 6.22. The summed E-state index contributed by atoms with van der Waals surface area (Å²) in [5.41, 5.74) is 0.972. The van der Waals surface area contributed by atoms with E-state index in [1.807, 2.05) is 6.92 Å². The molecule has 1 heterocycles. The molecule has 122 valence electrons. The first-order valence-electron chi connectivity index (χ1n) is 8.28. The van der Waals surface area contributed by atoms with Crippen LogP contribution in [0.25, 0.3) is 0 Å². The van der Waals surface area contributed by atoms with Crippen molar-refractivity contribution in [2.75, 3.05) is 11.5 Å². The van der Waals surface area contributed by atoms with Crippen molar-refractivity contribution in [1.82, 2.24) is 0 Å². The largest absolute Gasteiger partial charge is 0.462 e. The van der Waals surface area contributed by atoms with Crippen LogP contribution in [0.15, 0.2) is 24.3 Å². The van der Waals surface area contributed by atoms with Crippen LogP contribution < -0.4 is 4.90 Å². The van der Waals surface area contributed by atoms with E-state index in [1.54, 1.807) is 24.3 Å². The predicted octanol–water partition coefficient (Wildman–Crippen LogP) is 2.93. The van der Waals surface area contributed by atoms with Crippen LogP contribution in [-0.2, 0) is 14.3 Å². The SMILES string of the molecule is CCCOC(=O)c1ccc(N2C(=O)C3CCCCC3C2=O)cc1. The molecule has 0 radical (unpaired) electrons. The van der Waals surface area contributed by atoms with Gasteiger partial charge in [-0.3, -0.25) is 14.5 Å². The number of fused-ring (bicyclic) bond motifs is 1. The molecule has 2 aliphatic rings. The van der Waals surface area contributed by atoms with Crippen LogP contribution in [0.2, 0.25) is 0 Å². The molecule has 2 fully saturated rings. The molecule has 0 spiro atoms.